The van der Waals surface area contributed by atoms with Gasteiger partial charge in [-0.25, -0.2) is 0 Å². The van der Waals surface area contributed by atoms with Crippen LogP contribution in [-0.2, 0) is 14.3 Å². The molecule has 0 spiro atoms. The van der Waals surface area contributed by atoms with Gasteiger partial charge in [0, 0.05) is 31.0 Å². The molecule has 1 aromatic rings. The van der Waals surface area contributed by atoms with Gasteiger partial charge >= 0.3 is 5.97 Å². The number of hydrogen-bond acceptors (Lipinski definition) is 4. The number of benzene rings is 1. The molecular weight excluding hydrogens is 412 g/mol. The molecule has 5 nitrogen and oxygen atoms in total. The van der Waals surface area contributed by atoms with E-state index in [1.165, 1.54) is 12.0 Å². The first-order chi connectivity index (χ1) is 15.5. The van der Waals surface area contributed by atoms with Gasteiger partial charge in [0.15, 0.2) is 0 Å². The Labute approximate surface area is 199 Å². The van der Waals surface area contributed by atoms with Crippen molar-refractivity contribution < 1.29 is 14.3 Å². The van der Waals surface area contributed by atoms with Crippen molar-refractivity contribution in [3.05, 3.63) is 35.9 Å². The van der Waals surface area contributed by atoms with Crippen molar-refractivity contribution in [3.8, 4) is 0 Å². The molecule has 0 radical (unpaired) electrons. The van der Waals surface area contributed by atoms with Gasteiger partial charge in [0.2, 0.25) is 5.91 Å². The topological polar surface area (TPSA) is 49.9 Å². The summed E-state index contributed by atoms with van der Waals surface area (Å²) in [5.74, 6) is 0.604. The third-order valence-corrected chi connectivity index (χ3v) is 8.16. The van der Waals surface area contributed by atoms with E-state index in [4.69, 9.17) is 4.74 Å². The molecule has 0 bridgehead atoms. The molecular formula is C28H42N2O3. The Hall–Kier alpha value is -1.88. The van der Waals surface area contributed by atoms with Crippen LogP contribution in [0.4, 0.5) is 0 Å². The van der Waals surface area contributed by atoms with Crippen molar-refractivity contribution in [1.29, 1.82) is 0 Å². The minimum absolute atomic E-state index is 0.0151. The van der Waals surface area contributed by atoms with Crippen LogP contribution >= 0.6 is 0 Å². The second kappa shape index (κ2) is 9.05. The number of piperidine rings is 1. The number of rotatable bonds is 7. The number of nitrogens with zero attached hydrogens (tertiary/aromatic N) is 2. The number of carbonyl (C=O) groups excluding carboxylic acids is 2. The predicted octanol–water partition coefficient (Wildman–Crippen LogP) is 5.15. The smallest absolute Gasteiger partial charge is 0.308 e. The van der Waals surface area contributed by atoms with Gasteiger partial charge in [-0.05, 0) is 83.4 Å². The normalized spacial score (nSPS) is 26.2. The largest absolute Gasteiger partial charge is 0.460 e. The van der Waals surface area contributed by atoms with Crippen molar-refractivity contribution >= 4 is 11.9 Å². The van der Waals surface area contributed by atoms with E-state index in [1.807, 2.05) is 20.8 Å². The SMILES string of the molecule is CC(=O)N(CC1(C)CCN(C2(CC(=O)OC(C)(C)C)CCC2)CC1)[C@@H]1CC1c1ccccc1. The summed E-state index contributed by atoms with van der Waals surface area (Å²) in [6.07, 6.45) is 7.07. The fraction of sp³-hybridized carbons (Fsp3) is 0.714. The fourth-order valence-electron chi connectivity index (χ4n) is 5.97. The first kappa shape index (κ1) is 24.3. The van der Waals surface area contributed by atoms with Gasteiger partial charge in [-0.2, -0.15) is 0 Å². The molecule has 1 aromatic carbocycles. The molecule has 4 rings (SSSR count). The predicted molar refractivity (Wildman–Crippen MR) is 131 cm³/mol. The van der Waals surface area contributed by atoms with Crippen LogP contribution in [0.5, 0.6) is 0 Å². The fourth-order valence-corrected chi connectivity index (χ4v) is 5.97. The monoisotopic (exact) mass is 454 g/mol. The molecule has 2 atom stereocenters. The van der Waals surface area contributed by atoms with Gasteiger partial charge in [0.05, 0.1) is 6.42 Å². The Morgan fingerprint density at radius 1 is 1.09 bits per heavy atom. The molecule has 1 aliphatic heterocycles. The van der Waals surface area contributed by atoms with Crippen LogP contribution in [0.15, 0.2) is 30.3 Å². The minimum atomic E-state index is -0.431. The van der Waals surface area contributed by atoms with Crippen LogP contribution in [0, 0.1) is 5.41 Å². The Kier molecular flexibility index (Phi) is 6.65. The number of hydrogen-bond donors (Lipinski definition) is 0. The maximum Gasteiger partial charge on any atom is 0.308 e. The van der Waals surface area contributed by atoms with Gasteiger partial charge < -0.3 is 9.64 Å². The summed E-state index contributed by atoms with van der Waals surface area (Å²) in [6, 6.07) is 10.9. The summed E-state index contributed by atoms with van der Waals surface area (Å²) in [6.45, 7) is 12.7. The van der Waals surface area contributed by atoms with Gasteiger partial charge in [0.25, 0.3) is 0 Å². The number of ether oxygens (including phenoxy) is 1. The van der Waals surface area contributed by atoms with E-state index in [9.17, 15) is 9.59 Å². The highest BCUT2D eigenvalue weighted by Crippen LogP contribution is 2.48. The highest BCUT2D eigenvalue weighted by molar-refractivity contribution is 5.74. The zero-order chi connectivity index (χ0) is 23.9. The van der Waals surface area contributed by atoms with E-state index in [0.29, 0.717) is 18.4 Å². The standard InChI is InChI=1S/C28H42N2O3/c1-21(31)30(24-18-23(24)22-10-7-6-8-11-22)20-27(5)14-16-29(17-15-27)28(12-9-13-28)19-25(32)33-26(2,3)4/h6-8,10-11,23-24H,9,12-20H2,1-5H3/t23?,24-/m1/s1. The van der Waals surface area contributed by atoms with E-state index < -0.39 is 5.60 Å². The molecule has 1 saturated heterocycles. The lowest BCUT2D eigenvalue weighted by Gasteiger charge is -2.54. The van der Waals surface area contributed by atoms with E-state index in [2.05, 4.69) is 47.1 Å². The number of carbonyl (C=O) groups is 2. The van der Waals surface area contributed by atoms with Gasteiger partial charge in [-0.1, -0.05) is 37.3 Å². The lowest BCUT2D eigenvalue weighted by Crippen LogP contribution is -2.59. The van der Waals surface area contributed by atoms with Crippen molar-refractivity contribution in [1.82, 2.24) is 9.80 Å². The van der Waals surface area contributed by atoms with Gasteiger partial charge in [0.1, 0.15) is 5.60 Å². The summed E-state index contributed by atoms with van der Waals surface area (Å²) >= 11 is 0. The third kappa shape index (κ3) is 5.62. The van der Waals surface area contributed by atoms with Crippen LogP contribution in [0.3, 0.4) is 0 Å². The molecule has 1 unspecified atom stereocenters. The van der Waals surface area contributed by atoms with Crippen LogP contribution in [-0.4, -0.2) is 58.5 Å². The average molecular weight is 455 g/mol. The molecule has 182 valence electrons. The molecule has 3 fully saturated rings. The highest BCUT2D eigenvalue weighted by atomic mass is 16.6. The minimum Gasteiger partial charge on any atom is -0.460 e. The van der Waals surface area contributed by atoms with Gasteiger partial charge in [-0.3, -0.25) is 14.5 Å². The zero-order valence-corrected chi connectivity index (χ0v) is 21.2. The van der Waals surface area contributed by atoms with Crippen molar-refractivity contribution in [2.45, 2.75) is 103 Å². The van der Waals surface area contributed by atoms with Crippen molar-refractivity contribution in [2.24, 2.45) is 5.41 Å². The molecule has 5 heteroatoms. The molecule has 2 aliphatic carbocycles. The lowest BCUT2D eigenvalue weighted by molar-refractivity contribution is -0.161. The Morgan fingerprint density at radius 3 is 2.24 bits per heavy atom. The summed E-state index contributed by atoms with van der Waals surface area (Å²) in [5, 5.41) is 0. The molecule has 3 aliphatic rings. The number of likely N-dealkylation sites (tertiary alicyclic amines) is 1. The van der Waals surface area contributed by atoms with Crippen LogP contribution < -0.4 is 0 Å². The second-order valence-corrected chi connectivity index (χ2v) is 12.1. The molecule has 2 saturated carbocycles. The molecule has 33 heavy (non-hydrogen) atoms. The Balaban J connectivity index is 1.35. The van der Waals surface area contributed by atoms with Crippen molar-refractivity contribution in [2.75, 3.05) is 19.6 Å². The quantitative estimate of drug-likeness (QED) is 0.535. The highest BCUT2D eigenvalue weighted by Gasteiger charge is 2.49. The van der Waals surface area contributed by atoms with E-state index in [-0.39, 0.29) is 22.8 Å². The first-order valence-electron chi connectivity index (χ1n) is 12.8. The summed E-state index contributed by atoms with van der Waals surface area (Å²) in [5.41, 5.74) is 1.03. The second-order valence-electron chi connectivity index (χ2n) is 12.1. The number of amides is 1. The average Bonchev–Trinajstić information content (AvgIpc) is 3.50. The summed E-state index contributed by atoms with van der Waals surface area (Å²) in [4.78, 5) is 29.9. The molecule has 0 aromatic heterocycles. The van der Waals surface area contributed by atoms with E-state index in [1.54, 1.807) is 6.92 Å². The van der Waals surface area contributed by atoms with E-state index in [0.717, 1.165) is 51.7 Å². The first-order valence-corrected chi connectivity index (χ1v) is 12.8. The van der Waals surface area contributed by atoms with Crippen LogP contribution in [0.1, 0.15) is 91.0 Å². The van der Waals surface area contributed by atoms with Crippen molar-refractivity contribution in [3.63, 3.8) is 0 Å². The molecule has 1 amide bonds. The Morgan fingerprint density at radius 2 is 1.73 bits per heavy atom. The van der Waals surface area contributed by atoms with E-state index >= 15 is 0 Å². The molecule has 1 heterocycles. The maximum atomic E-state index is 12.6. The number of esters is 1. The van der Waals surface area contributed by atoms with Crippen LogP contribution in [0.2, 0.25) is 0 Å². The van der Waals surface area contributed by atoms with Gasteiger partial charge in [-0.15, -0.1) is 0 Å². The molecule has 0 N–H and O–H groups in total. The summed E-state index contributed by atoms with van der Waals surface area (Å²) < 4.78 is 5.65. The third-order valence-electron chi connectivity index (χ3n) is 8.16. The van der Waals surface area contributed by atoms with Crippen LogP contribution in [0.25, 0.3) is 0 Å². The maximum absolute atomic E-state index is 12.6. The Bertz CT molecular complexity index is 848. The zero-order valence-electron chi connectivity index (χ0n) is 21.2. The summed E-state index contributed by atoms with van der Waals surface area (Å²) in [7, 11) is 0. The lowest BCUT2D eigenvalue weighted by atomic mass is 9.70.